The van der Waals surface area contributed by atoms with Crippen molar-refractivity contribution in [1.82, 2.24) is 0 Å². The molecule has 0 spiro atoms. The average Bonchev–Trinajstić information content (AvgIpc) is 2.30. The molecule has 0 saturated carbocycles. The van der Waals surface area contributed by atoms with Gasteiger partial charge < -0.3 is 9.68 Å². The quantitative estimate of drug-likeness (QED) is 0.639. The molecular formula is C12H11BO2. The highest BCUT2D eigenvalue weighted by Crippen LogP contribution is 2.31. The van der Waals surface area contributed by atoms with Crippen LogP contribution in [0.5, 0.6) is 0 Å². The first kappa shape index (κ1) is 8.80. The van der Waals surface area contributed by atoms with Crippen molar-refractivity contribution in [3.05, 3.63) is 47.7 Å². The maximum absolute atomic E-state index is 9.81. The second-order valence-corrected chi connectivity index (χ2v) is 3.84. The van der Waals surface area contributed by atoms with E-state index in [0.717, 1.165) is 29.6 Å². The van der Waals surface area contributed by atoms with E-state index in [1.165, 1.54) is 5.57 Å². The largest absolute Gasteiger partial charge is 0.560 e. The molecule has 0 saturated heterocycles. The van der Waals surface area contributed by atoms with E-state index in [1.807, 2.05) is 24.3 Å². The number of benzene rings is 1. The Bertz CT molecular complexity index is 462. The van der Waals surface area contributed by atoms with Gasteiger partial charge in [-0.25, -0.2) is 0 Å². The Morgan fingerprint density at radius 3 is 3.07 bits per heavy atom. The minimum absolute atomic E-state index is 0.817. The molecule has 0 amide bonds. The zero-order valence-corrected chi connectivity index (χ0v) is 8.31. The van der Waals surface area contributed by atoms with Crippen LogP contribution in [0.15, 0.2) is 42.2 Å². The van der Waals surface area contributed by atoms with Gasteiger partial charge in [0, 0.05) is 5.46 Å². The SMILES string of the molecule is OB1OC2=C(CCC=C2)c2ccccc21. The van der Waals surface area contributed by atoms with Gasteiger partial charge in [0.25, 0.3) is 0 Å². The molecule has 2 nitrogen and oxygen atoms in total. The first-order valence-electron chi connectivity index (χ1n) is 5.20. The summed E-state index contributed by atoms with van der Waals surface area (Å²) in [5, 5.41) is 9.81. The number of hydrogen-bond acceptors (Lipinski definition) is 2. The number of hydrogen-bond donors (Lipinski definition) is 1. The second kappa shape index (κ2) is 3.28. The van der Waals surface area contributed by atoms with Crippen molar-refractivity contribution in [2.24, 2.45) is 0 Å². The summed E-state index contributed by atoms with van der Waals surface area (Å²) >= 11 is 0. The first-order valence-corrected chi connectivity index (χ1v) is 5.20. The molecule has 1 aliphatic heterocycles. The minimum atomic E-state index is -0.817. The lowest BCUT2D eigenvalue weighted by Crippen LogP contribution is -2.39. The highest BCUT2D eigenvalue weighted by molar-refractivity contribution is 6.62. The molecule has 0 bridgehead atoms. The molecule has 1 heterocycles. The van der Waals surface area contributed by atoms with Gasteiger partial charge in [-0.15, -0.1) is 0 Å². The van der Waals surface area contributed by atoms with Crippen LogP contribution in [0.25, 0.3) is 5.57 Å². The summed E-state index contributed by atoms with van der Waals surface area (Å²) in [4.78, 5) is 0. The highest BCUT2D eigenvalue weighted by atomic mass is 16.5. The Morgan fingerprint density at radius 2 is 2.13 bits per heavy atom. The van der Waals surface area contributed by atoms with Crippen LogP contribution in [-0.2, 0) is 4.65 Å². The molecule has 3 rings (SSSR count). The predicted molar refractivity (Wildman–Crippen MR) is 60.4 cm³/mol. The number of allylic oxidation sites excluding steroid dienone is 3. The molecule has 0 atom stereocenters. The van der Waals surface area contributed by atoms with Gasteiger partial charge in [0.1, 0.15) is 5.76 Å². The van der Waals surface area contributed by atoms with Gasteiger partial charge in [0.2, 0.25) is 0 Å². The highest BCUT2D eigenvalue weighted by Gasteiger charge is 2.30. The van der Waals surface area contributed by atoms with Crippen molar-refractivity contribution in [3.8, 4) is 0 Å². The Labute approximate surface area is 89.0 Å². The van der Waals surface area contributed by atoms with Crippen LogP contribution >= 0.6 is 0 Å². The zero-order chi connectivity index (χ0) is 10.3. The fourth-order valence-corrected chi connectivity index (χ4v) is 2.19. The van der Waals surface area contributed by atoms with Crippen LogP contribution in [0.2, 0.25) is 0 Å². The third-order valence-electron chi connectivity index (χ3n) is 2.92. The fraction of sp³-hybridized carbons (Fsp3) is 0.167. The fourth-order valence-electron chi connectivity index (χ4n) is 2.19. The summed E-state index contributed by atoms with van der Waals surface area (Å²) in [5.41, 5.74) is 3.24. The van der Waals surface area contributed by atoms with E-state index in [9.17, 15) is 5.02 Å². The third-order valence-corrected chi connectivity index (χ3v) is 2.92. The van der Waals surface area contributed by atoms with Gasteiger partial charge >= 0.3 is 7.12 Å². The smallest absolute Gasteiger partial charge is 0.532 e. The number of fused-ring (bicyclic) bond motifs is 2. The Hall–Kier alpha value is -1.48. The molecule has 0 aromatic heterocycles. The monoisotopic (exact) mass is 198 g/mol. The maximum Gasteiger partial charge on any atom is 0.560 e. The van der Waals surface area contributed by atoms with E-state index < -0.39 is 7.12 Å². The standard InChI is InChI=1S/C12H11BO2/c14-13-11-7-3-1-5-9(11)10-6-2-4-8-12(10)15-13/h1,3-5,7-8,14H,2,6H2. The van der Waals surface area contributed by atoms with Gasteiger partial charge in [-0.2, -0.15) is 0 Å². The molecule has 15 heavy (non-hydrogen) atoms. The predicted octanol–water partition coefficient (Wildman–Crippen LogP) is 1.47. The molecule has 74 valence electrons. The zero-order valence-electron chi connectivity index (χ0n) is 8.31. The van der Waals surface area contributed by atoms with Crippen molar-refractivity contribution in [2.75, 3.05) is 0 Å². The van der Waals surface area contributed by atoms with Crippen LogP contribution in [0, 0.1) is 0 Å². The lowest BCUT2D eigenvalue weighted by atomic mass is 9.71. The Morgan fingerprint density at radius 1 is 1.27 bits per heavy atom. The summed E-state index contributed by atoms with van der Waals surface area (Å²) in [7, 11) is -0.817. The van der Waals surface area contributed by atoms with Gasteiger partial charge in [-0.1, -0.05) is 30.3 Å². The van der Waals surface area contributed by atoms with Crippen molar-refractivity contribution in [1.29, 1.82) is 0 Å². The topological polar surface area (TPSA) is 29.5 Å². The summed E-state index contributed by atoms with van der Waals surface area (Å²) in [5.74, 6) is 0.826. The third kappa shape index (κ3) is 1.31. The average molecular weight is 198 g/mol. The van der Waals surface area contributed by atoms with Gasteiger partial charge in [0.05, 0.1) is 0 Å². The molecule has 1 aromatic rings. The Kier molecular flexibility index (Phi) is 1.92. The maximum atomic E-state index is 9.81. The van der Waals surface area contributed by atoms with E-state index >= 15 is 0 Å². The lowest BCUT2D eigenvalue weighted by molar-refractivity contribution is 0.360. The summed E-state index contributed by atoms with van der Waals surface area (Å²) in [6.07, 6.45) is 6.08. The molecule has 0 unspecified atom stereocenters. The molecule has 0 radical (unpaired) electrons. The van der Waals surface area contributed by atoms with Crippen LogP contribution < -0.4 is 5.46 Å². The Balaban J connectivity index is 2.20. The van der Waals surface area contributed by atoms with Crippen LogP contribution in [0.1, 0.15) is 18.4 Å². The summed E-state index contributed by atoms with van der Waals surface area (Å²) in [6, 6.07) is 7.90. The summed E-state index contributed by atoms with van der Waals surface area (Å²) < 4.78 is 5.47. The molecule has 1 aromatic carbocycles. The van der Waals surface area contributed by atoms with Crippen molar-refractivity contribution in [3.63, 3.8) is 0 Å². The van der Waals surface area contributed by atoms with Crippen molar-refractivity contribution >= 4 is 18.2 Å². The van der Waals surface area contributed by atoms with E-state index in [1.54, 1.807) is 0 Å². The van der Waals surface area contributed by atoms with E-state index in [2.05, 4.69) is 12.1 Å². The van der Waals surface area contributed by atoms with E-state index in [-0.39, 0.29) is 0 Å². The van der Waals surface area contributed by atoms with Crippen molar-refractivity contribution < 1.29 is 9.68 Å². The molecule has 1 N–H and O–H groups in total. The minimum Gasteiger partial charge on any atom is -0.532 e. The van der Waals surface area contributed by atoms with Crippen LogP contribution in [0.3, 0.4) is 0 Å². The molecule has 2 aliphatic rings. The molecule has 1 aliphatic carbocycles. The van der Waals surface area contributed by atoms with E-state index in [4.69, 9.17) is 4.65 Å². The lowest BCUT2D eigenvalue weighted by Gasteiger charge is -2.26. The molecule has 3 heteroatoms. The molecule has 0 fully saturated rings. The molecular weight excluding hydrogens is 187 g/mol. The van der Waals surface area contributed by atoms with Gasteiger partial charge in [-0.05, 0) is 30.1 Å². The summed E-state index contributed by atoms with van der Waals surface area (Å²) in [6.45, 7) is 0. The van der Waals surface area contributed by atoms with E-state index in [0.29, 0.717) is 0 Å². The van der Waals surface area contributed by atoms with Gasteiger partial charge in [0.15, 0.2) is 0 Å². The number of rotatable bonds is 0. The van der Waals surface area contributed by atoms with Crippen molar-refractivity contribution in [2.45, 2.75) is 12.8 Å². The van der Waals surface area contributed by atoms with Crippen LogP contribution in [0.4, 0.5) is 0 Å². The van der Waals surface area contributed by atoms with Gasteiger partial charge in [-0.3, -0.25) is 0 Å². The van der Waals surface area contributed by atoms with Crippen LogP contribution in [-0.4, -0.2) is 12.1 Å². The normalized spacial score (nSPS) is 18.3. The second-order valence-electron chi connectivity index (χ2n) is 3.84. The first-order chi connectivity index (χ1) is 7.36.